The van der Waals surface area contributed by atoms with Crippen molar-refractivity contribution in [3.8, 4) is 6.07 Å². The quantitative estimate of drug-likeness (QED) is 0.452. The largest absolute Gasteiger partial charge is 0.381 e. The van der Waals surface area contributed by atoms with Crippen LogP contribution in [0.1, 0.15) is 28.8 Å². The number of hydrogen-bond acceptors (Lipinski definition) is 9. The van der Waals surface area contributed by atoms with Crippen molar-refractivity contribution in [1.29, 1.82) is 5.26 Å². The predicted octanol–water partition coefficient (Wildman–Crippen LogP) is 2.68. The number of rotatable bonds is 7. The molecule has 1 aliphatic rings. The topological polar surface area (TPSA) is 154 Å². The van der Waals surface area contributed by atoms with Gasteiger partial charge in [0.05, 0.1) is 21.7 Å². The number of nitrogens with zero attached hydrogens (tertiary/aromatic N) is 4. The molecule has 1 aliphatic heterocycles. The molecule has 3 heterocycles. The van der Waals surface area contributed by atoms with E-state index in [1.165, 1.54) is 18.3 Å². The molecule has 1 fully saturated rings. The molecule has 4 rings (SSSR count). The van der Waals surface area contributed by atoms with Crippen molar-refractivity contribution < 1.29 is 13.2 Å². The monoisotopic (exact) mass is 491 g/mol. The second-order valence-electron chi connectivity index (χ2n) is 8.32. The van der Waals surface area contributed by atoms with Crippen LogP contribution in [0.3, 0.4) is 0 Å². The first-order valence-electron chi connectivity index (χ1n) is 11.0. The van der Waals surface area contributed by atoms with Crippen LogP contribution in [0.25, 0.3) is 0 Å². The van der Waals surface area contributed by atoms with Gasteiger partial charge in [0, 0.05) is 49.5 Å². The number of nitrogens with two attached hydrogens (primary N) is 1. The summed E-state index contributed by atoms with van der Waals surface area (Å²) in [5.41, 5.74) is 7.62. The normalized spacial score (nSPS) is 14.2. The lowest BCUT2D eigenvalue weighted by molar-refractivity contribution is 0.100. The van der Waals surface area contributed by atoms with Crippen molar-refractivity contribution >= 4 is 38.8 Å². The number of pyridine rings is 2. The van der Waals surface area contributed by atoms with E-state index in [1.54, 1.807) is 30.5 Å². The number of aromatic nitrogens is 2. The van der Waals surface area contributed by atoms with Crippen molar-refractivity contribution in [2.24, 2.45) is 5.73 Å². The molecular weight excluding hydrogens is 466 g/mol. The van der Waals surface area contributed by atoms with Gasteiger partial charge < -0.3 is 21.3 Å². The summed E-state index contributed by atoms with van der Waals surface area (Å²) in [6, 6.07) is 13.9. The van der Waals surface area contributed by atoms with E-state index in [0.717, 1.165) is 38.0 Å². The number of sulfone groups is 1. The minimum absolute atomic E-state index is 0.118. The first-order valence-corrected chi connectivity index (χ1v) is 12.9. The Morgan fingerprint density at radius 2 is 1.83 bits per heavy atom. The van der Waals surface area contributed by atoms with Crippen LogP contribution >= 0.6 is 0 Å². The molecule has 0 spiro atoms. The van der Waals surface area contributed by atoms with Gasteiger partial charge >= 0.3 is 0 Å². The third kappa shape index (κ3) is 5.85. The molecule has 0 bridgehead atoms. The van der Waals surface area contributed by atoms with Crippen LogP contribution in [0, 0.1) is 11.3 Å². The molecule has 0 saturated carbocycles. The Bertz CT molecular complexity index is 1360. The second-order valence-corrected chi connectivity index (χ2v) is 10.3. The molecule has 4 N–H and O–H groups in total. The van der Waals surface area contributed by atoms with Gasteiger partial charge in [0.15, 0.2) is 9.84 Å². The van der Waals surface area contributed by atoms with E-state index in [2.05, 4.69) is 31.6 Å². The van der Waals surface area contributed by atoms with E-state index >= 15 is 0 Å². The van der Waals surface area contributed by atoms with Gasteiger partial charge in [0.1, 0.15) is 17.7 Å². The van der Waals surface area contributed by atoms with Crippen molar-refractivity contribution in [3.63, 3.8) is 0 Å². The molecule has 0 aliphatic carbocycles. The molecular formula is C24H25N7O3S. The molecule has 1 saturated heterocycles. The highest BCUT2D eigenvalue weighted by molar-refractivity contribution is 7.90. The first kappa shape index (κ1) is 24.0. The zero-order valence-corrected chi connectivity index (χ0v) is 19.9. The van der Waals surface area contributed by atoms with Gasteiger partial charge in [-0.25, -0.2) is 18.4 Å². The van der Waals surface area contributed by atoms with Gasteiger partial charge in [-0.05, 0) is 49.2 Å². The van der Waals surface area contributed by atoms with Crippen molar-refractivity contribution in [1.82, 2.24) is 9.97 Å². The molecule has 0 unspecified atom stereocenters. The van der Waals surface area contributed by atoms with E-state index in [9.17, 15) is 13.2 Å². The van der Waals surface area contributed by atoms with Gasteiger partial charge in [0.2, 0.25) is 0 Å². The SMILES string of the molecule is CS(=O)(=O)c1ccc(Nc2cc(NC3CCN(c4ccc(C#N)cn4)CC3)c(C(N)=O)cn2)cc1. The summed E-state index contributed by atoms with van der Waals surface area (Å²) in [4.78, 5) is 23.0. The number of nitriles is 1. The van der Waals surface area contributed by atoms with Crippen LogP contribution in [-0.2, 0) is 9.84 Å². The Hall–Kier alpha value is -4.17. The maximum absolute atomic E-state index is 12.0. The number of nitrogens with one attached hydrogen (secondary N) is 2. The van der Waals surface area contributed by atoms with E-state index in [-0.39, 0.29) is 10.9 Å². The summed E-state index contributed by atoms with van der Waals surface area (Å²) >= 11 is 0. The fourth-order valence-electron chi connectivity index (χ4n) is 3.88. The zero-order chi connectivity index (χ0) is 25.0. The lowest BCUT2D eigenvalue weighted by atomic mass is 10.0. The molecule has 0 atom stereocenters. The summed E-state index contributed by atoms with van der Waals surface area (Å²) in [6.07, 6.45) is 5.78. The smallest absolute Gasteiger partial charge is 0.252 e. The Morgan fingerprint density at radius 3 is 2.40 bits per heavy atom. The molecule has 0 radical (unpaired) electrons. The number of piperidine rings is 1. The maximum Gasteiger partial charge on any atom is 0.252 e. The molecule has 3 aromatic rings. The molecule has 1 aromatic carbocycles. The van der Waals surface area contributed by atoms with Crippen LogP contribution in [0.2, 0.25) is 0 Å². The summed E-state index contributed by atoms with van der Waals surface area (Å²) in [7, 11) is -3.28. The minimum Gasteiger partial charge on any atom is -0.381 e. The van der Waals surface area contributed by atoms with E-state index in [0.29, 0.717) is 28.3 Å². The number of benzene rings is 1. The van der Waals surface area contributed by atoms with Crippen LogP contribution in [0.15, 0.2) is 59.8 Å². The maximum atomic E-state index is 12.0. The summed E-state index contributed by atoms with van der Waals surface area (Å²) in [6.45, 7) is 1.54. The Labute approximate surface area is 203 Å². The average molecular weight is 492 g/mol. The van der Waals surface area contributed by atoms with Gasteiger partial charge in [-0.1, -0.05) is 0 Å². The second kappa shape index (κ2) is 9.99. The average Bonchev–Trinajstić information content (AvgIpc) is 2.84. The molecule has 35 heavy (non-hydrogen) atoms. The lowest BCUT2D eigenvalue weighted by Gasteiger charge is -2.34. The van der Waals surface area contributed by atoms with Gasteiger partial charge in [-0.2, -0.15) is 5.26 Å². The predicted molar refractivity (Wildman–Crippen MR) is 133 cm³/mol. The number of carbonyl (C=O) groups excluding carboxylic acids is 1. The van der Waals surface area contributed by atoms with Crippen LogP contribution in [0.5, 0.6) is 0 Å². The highest BCUT2D eigenvalue weighted by Crippen LogP contribution is 2.26. The number of hydrogen-bond donors (Lipinski definition) is 3. The molecule has 1 amide bonds. The lowest BCUT2D eigenvalue weighted by Crippen LogP contribution is -2.39. The highest BCUT2D eigenvalue weighted by Gasteiger charge is 2.22. The summed E-state index contributed by atoms with van der Waals surface area (Å²) < 4.78 is 23.3. The van der Waals surface area contributed by atoms with Crippen LogP contribution in [0.4, 0.5) is 23.0 Å². The Morgan fingerprint density at radius 1 is 1.11 bits per heavy atom. The standard InChI is InChI=1S/C24H25N7O3S/c1-35(33,34)19-5-3-17(4-6-19)30-22-12-21(20(15-27-22)24(26)32)29-18-8-10-31(11-9-18)23-7-2-16(13-25)14-28-23/h2-7,12,14-15,18H,8-11H2,1H3,(H2,26,32)(H2,27,29,30). The first-order chi connectivity index (χ1) is 16.7. The summed E-state index contributed by atoms with van der Waals surface area (Å²) in [5.74, 6) is 0.740. The number of carbonyl (C=O) groups is 1. The van der Waals surface area contributed by atoms with E-state index < -0.39 is 15.7 Å². The zero-order valence-electron chi connectivity index (χ0n) is 19.1. The number of primary amides is 1. The fourth-order valence-corrected chi connectivity index (χ4v) is 4.52. The minimum atomic E-state index is -3.28. The van der Waals surface area contributed by atoms with Crippen LogP contribution < -0.4 is 21.3 Å². The highest BCUT2D eigenvalue weighted by atomic mass is 32.2. The molecule has 10 nitrogen and oxygen atoms in total. The number of amides is 1. The molecule has 2 aromatic heterocycles. The van der Waals surface area contributed by atoms with Gasteiger partial charge in [-0.3, -0.25) is 4.79 Å². The van der Waals surface area contributed by atoms with Gasteiger partial charge in [-0.15, -0.1) is 0 Å². The van der Waals surface area contributed by atoms with Crippen LogP contribution in [-0.4, -0.2) is 49.7 Å². The summed E-state index contributed by atoms with van der Waals surface area (Å²) in [5, 5.41) is 15.5. The molecule has 180 valence electrons. The van der Waals surface area contributed by atoms with E-state index in [4.69, 9.17) is 11.0 Å². The fraction of sp³-hybridized carbons (Fsp3) is 0.250. The Kier molecular flexibility index (Phi) is 6.84. The van der Waals surface area contributed by atoms with Crippen molar-refractivity contribution in [2.75, 3.05) is 34.9 Å². The third-order valence-electron chi connectivity index (χ3n) is 5.78. The van der Waals surface area contributed by atoms with Crippen molar-refractivity contribution in [2.45, 2.75) is 23.8 Å². The third-order valence-corrected chi connectivity index (χ3v) is 6.91. The van der Waals surface area contributed by atoms with Gasteiger partial charge in [0.25, 0.3) is 5.91 Å². The van der Waals surface area contributed by atoms with E-state index in [1.807, 2.05) is 6.07 Å². The van der Waals surface area contributed by atoms with Crippen molar-refractivity contribution in [3.05, 3.63) is 66.0 Å². The Balaban J connectivity index is 1.44. The molecule has 11 heteroatoms. The number of anilines is 4.